The van der Waals surface area contributed by atoms with Gasteiger partial charge in [0.15, 0.2) is 0 Å². The molecule has 1 N–H and O–H groups in total. The first-order valence-corrected chi connectivity index (χ1v) is 16.3. The molecule has 2 aromatic carbocycles. The summed E-state index contributed by atoms with van der Waals surface area (Å²) in [4.78, 5) is 26.3. The van der Waals surface area contributed by atoms with Gasteiger partial charge in [0.2, 0.25) is 5.91 Å². The minimum atomic E-state index is -0.727. The number of anilines is 1. The van der Waals surface area contributed by atoms with Gasteiger partial charge in [-0.25, -0.2) is 0 Å². The number of benzene rings is 2. The van der Waals surface area contributed by atoms with Crippen molar-refractivity contribution in [3.05, 3.63) is 63.6 Å². The Bertz CT molecular complexity index is 1090. The number of halogens is 2. The second-order valence-corrected chi connectivity index (χ2v) is 12.1. The molecule has 1 heterocycles. The smallest absolute Gasteiger partial charge is 0.303 e. The van der Waals surface area contributed by atoms with Crippen molar-refractivity contribution in [2.45, 2.75) is 109 Å². The number of rotatable bonds is 20. The highest BCUT2D eigenvalue weighted by molar-refractivity contribution is 6.42. The Morgan fingerprint density at radius 3 is 2.44 bits per heavy atom. The van der Waals surface area contributed by atoms with Crippen LogP contribution in [0.25, 0.3) is 0 Å². The average Bonchev–Trinajstić information content (AvgIpc) is 2.96. The molecule has 1 aliphatic rings. The number of carboxylic acids is 1. The molecule has 1 amide bonds. The zero-order valence-corrected chi connectivity index (χ0v) is 26.1. The summed E-state index contributed by atoms with van der Waals surface area (Å²) in [7, 11) is 0. The average molecular weight is 605 g/mol. The van der Waals surface area contributed by atoms with E-state index in [-0.39, 0.29) is 18.4 Å². The molecule has 0 fully saturated rings. The number of para-hydroxylation sites is 1. The van der Waals surface area contributed by atoms with Crippen LogP contribution in [0.5, 0.6) is 0 Å². The van der Waals surface area contributed by atoms with Crippen LogP contribution in [0.3, 0.4) is 0 Å². The summed E-state index contributed by atoms with van der Waals surface area (Å²) in [5, 5.41) is 10.2. The van der Waals surface area contributed by atoms with Crippen molar-refractivity contribution in [2.24, 2.45) is 5.92 Å². The van der Waals surface area contributed by atoms with Crippen LogP contribution >= 0.6 is 23.2 Å². The van der Waals surface area contributed by atoms with Gasteiger partial charge in [0.05, 0.1) is 22.6 Å². The zero-order valence-electron chi connectivity index (χ0n) is 24.6. The molecule has 2 unspecified atom stereocenters. The van der Waals surface area contributed by atoms with Crippen LogP contribution in [-0.2, 0) is 20.7 Å². The Hall–Kier alpha value is -2.08. The first-order chi connectivity index (χ1) is 19.9. The lowest BCUT2D eigenvalue weighted by Crippen LogP contribution is -2.40. The van der Waals surface area contributed by atoms with Crippen LogP contribution in [0.15, 0.2) is 42.5 Å². The van der Waals surface area contributed by atoms with Gasteiger partial charge in [-0.2, -0.15) is 0 Å². The molecule has 0 aliphatic carbocycles. The molecule has 7 heteroatoms. The number of hydrogen-bond acceptors (Lipinski definition) is 3. The Morgan fingerprint density at radius 1 is 0.951 bits per heavy atom. The number of carbonyl (C=O) groups excluding carboxylic acids is 1. The molecule has 41 heavy (non-hydrogen) atoms. The van der Waals surface area contributed by atoms with E-state index in [0.29, 0.717) is 29.0 Å². The molecule has 2 atom stereocenters. The summed E-state index contributed by atoms with van der Waals surface area (Å²) in [5.41, 5.74) is 3.12. The topological polar surface area (TPSA) is 66.8 Å². The second-order valence-electron chi connectivity index (χ2n) is 11.4. The van der Waals surface area contributed by atoms with Gasteiger partial charge in [0, 0.05) is 30.8 Å². The van der Waals surface area contributed by atoms with Crippen LogP contribution < -0.4 is 4.90 Å². The first kappa shape index (κ1) is 33.4. The van der Waals surface area contributed by atoms with E-state index in [2.05, 4.69) is 19.1 Å². The number of amides is 1. The molecule has 226 valence electrons. The lowest BCUT2D eigenvalue weighted by atomic mass is 9.91. The predicted molar refractivity (Wildman–Crippen MR) is 169 cm³/mol. The molecule has 0 radical (unpaired) electrons. The lowest BCUT2D eigenvalue weighted by Gasteiger charge is -2.36. The molecular formula is C34H47Cl2NO4. The summed E-state index contributed by atoms with van der Waals surface area (Å²) >= 11 is 12.5. The predicted octanol–water partition coefficient (Wildman–Crippen LogP) is 9.82. The van der Waals surface area contributed by atoms with Gasteiger partial charge in [0.1, 0.15) is 0 Å². The van der Waals surface area contributed by atoms with Crippen molar-refractivity contribution in [1.29, 1.82) is 0 Å². The summed E-state index contributed by atoms with van der Waals surface area (Å²) in [6.45, 7) is 3.53. The van der Waals surface area contributed by atoms with Crippen molar-refractivity contribution >= 4 is 40.8 Å². The van der Waals surface area contributed by atoms with Crippen molar-refractivity contribution in [1.82, 2.24) is 0 Å². The summed E-state index contributed by atoms with van der Waals surface area (Å²) in [6, 6.07) is 13.9. The molecule has 2 aromatic rings. The summed E-state index contributed by atoms with van der Waals surface area (Å²) < 4.78 is 6.28. The van der Waals surface area contributed by atoms with Crippen LogP contribution in [0, 0.1) is 5.92 Å². The van der Waals surface area contributed by atoms with Crippen LogP contribution in [0.4, 0.5) is 5.69 Å². The van der Waals surface area contributed by atoms with Crippen molar-refractivity contribution in [3.8, 4) is 0 Å². The highest BCUT2D eigenvalue weighted by atomic mass is 35.5. The Kier molecular flexibility index (Phi) is 15.0. The summed E-state index contributed by atoms with van der Waals surface area (Å²) in [6.07, 6.45) is 13.9. The van der Waals surface area contributed by atoms with E-state index in [0.717, 1.165) is 74.7 Å². The maximum absolute atomic E-state index is 13.5. The number of fused-ring (bicyclic) bond motifs is 1. The van der Waals surface area contributed by atoms with E-state index in [1.54, 1.807) is 6.07 Å². The zero-order chi connectivity index (χ0) is 29.5. The number of nitrogens with zero attached hydrogens (tertiary/aromatic N) is 1. The normalized spacial score (nSPS) is 15.6. The van der Waals surface area contributed by atoms with Crippen LogP contribution in [-0.4, -0.2) is 30.1 Å². The van der Waals surface area contributed by atoms with E-state index in [9.17, 15) is 9.59 Å². The number of aryl methyl sites for hydroxylation is 1. The van der Waals surface area contributed by atoms with Crippen molar-refractivity contribution in [3.63, 3.8) is 0 Å². The number of unbranched alkanes of at least 4 members (excludes halogenated alkanes) is 7. The minimum Gasteiger partial charge on any atom is -0.481 e. The Balaban J connectivity index is 1.56. The van der Waals surface area contributed by atoms with Crippen molar-refractivity contribution < 1.29 is 19.4 Å². The Morgan fingerprint density at radius 2 is 1.68 bits per heavy atom. The van der Waals surface area contributed by atoms with Gasteiger partial charge in [-0.1, -0.05) is 105 Å². The minimum absolute atomic E-state index is 0.126. The molecule has 3 rings (SSSR count). The van der Waals surface area contributed by atoms with Gasteiger partial charge in [-0.05, 0) is 62.1 Å². The van der Waals surface area contributed by atoms with Gasteiger partial charge in [-0.3, -0.25) is 9.59 Å². The fourth-order valence-corrected chi connectivity index (χ4v) is 6.17. The SMILES string of the molecule is CCCCCCCC(CCCCCC(=O)O)CN1C(=O)CC(OCCCCc2cccc(Cl)c2Cl)c2ccccc21. The highest BCUT2D eigenvalue weighted by Crippen LogP contribution is 2.38. The van der Waals surface area contributed by atoms with E-state index in [1.165, 1.54) is 32.1 Å². The van der Waals surface area contributed by atoms with E-state index < -0.39 is 5.97 Å². The third kappa shape index (κ3) is 11.3. The molecule has 5 nitrogen and oxygen atoms in total. The number of aliphatic carboxylic acids is 1. The Labute approximate surface area is 256 Å². The first-order valence-electron chi connectivity index (χ1n) is 15.6. The highest BCUT2D eigenvalue weighted by Gasteiger charge is 2.32. The maximum atomic E-state index is 13.5. The third-order valence-corrected chi connectivity index (χ3v) is 8.94. The number of ether oxygens (including phenoxy) is 1. The van der Waals surface area contributed by atoms with Gasteiger partial charge >= 0.3 is 5.97 Å². The molecule has 0 aromatic heterocycles. The van der Waals surface area contributed by atoms with Gasteiger partial charge in [0.25, 0.3) is 0 Å². The number of carboxylic acid groups (broad SMARTS) is 1. The van der Waals surface area contributed by atoms with Crippen molar-refractivity contribution in [2.75, 3.05) is 18.1 Å². The van der Waals surface area contributed by atoms with E-state index in [4.69, 9.17) is 33.0 Å². The molecule has 0 spiro atoms. The fourth-order valence-electron chi connectivity index (χ4n) is 5.76. The summed E-state index contributed by atoms with van der Waals surface area (Å²) in [5.74, 6) is -0.189. The molecule has 1 aliphatic heterocycles. The second kappa shape index (κ2) is 18.5. The standard InChI is InChI=1S/C34H47Cl2NO4/c1-2-3-4-5-7-15-26(16-8-6-9-22-33(39)40)25-37-30-21-11-10-19-28(30)31(24-32(37)38)41-23-13-12-17-27-18-14-20-29(35)34(27)36/h10-11,14,18-21,26,31H,2-9,12-13,15-17,22-25H2,1H3,(H,39,40). The monoisotopic (exact) mass is 603 g/mol. The van der Waals surface area contributed by atoms with E-state index in [1.807, 2.05) is 29.2 Å². The molecule has 0 saturated carbocycles. The fraction of sp³-hybridized carbons (Fsp3) is 0.588. The van der Waals surface area contributed by atoms with Crippen LogP contribution in [0.1, 0.15) is 114 Å². The lowest BCUT2D eigenvalue weighted by molar-refractivity contribution is -0.137. The van der Waals surface area contributed by atoms with E-state index >= 15 is 0 Å². The number of hydrogen-bond donors (Lipinski definition) is 1. The third-order valence-electron chi connectivity index (χ3n) is 8.09. The quantitative estimate of drug-likeness (QED) is 0.153. The molecule has 0 bridgehead atoms. The molecular weight excluding hydrogens is 557 g/mol. The molecule has 0 saturated heterocycles. The van der Waals surface area contributed by atoms with Gasteiger partial charge in [-0.15, -0.1) is 0 Å². The maximum Gasteiger partial charge on any atom is 0.303 e. The number of carbonyl (C=O) groups is 2. The van der Waals surface area contributed by atoms with Gasteiger partial charge < -0.3 is 14.7 Å². The van der Waals surface area contributed by atoms with Crippen LogP contribution in [0.2, 0.25) is 10.0 Å². The largest absolute Gasteiger partial charge is 0.481 e.